The number of hydrogen-bond acceptors (Lipinski definition) is 12. The highest BCUT2D eigenvalue weighted by atomic mass is 32.2. The first-order valence-corrected chi connectivity index (χ1v) is 12.5. The largest absolute Gasteiger partial charge is 0.477 e. The lowest BCUT2D eigenvalue weighted by molar-refractivity contribution is -0.689. The van der Waals surface area contributed by atoms with Crippen LogP contribution in [0.5, 0.6) is 0 Å². The number of nitrogens with zero attached hydrogens (tertiary/aromatic N) is 5. The van der Waals surface area contributed by atoms with Crippen LogP contribution in [-0.2, 0) is 25.8 Å². The molecule has 6 N–H and O–H groups in total. The summed E-state index contributed by atoms with van der Waals surface area (Å²) < 4.78 is 5.60. The maximum absolute atomic E-state index is 13.0. The fraction of sp³-hybridized carbons (Fsp3) is 0.300. The monoisotopic (exact) mass is 549 g/mol. The fourth-order valence-electron chi connectivity index (χ4n) is 3.66. The highest BCUT2D eigenvalue weighted by molar-refractivity contribution is 8.00. The number of aliphatic carboxylic acids is 1. The molecule has 2 aromatic rings. The van der Waals surface area contributed by atoms with Crippen molar-refractivity contribution >= 4 is 57.8 Å². The second-order valence-electron chi connectivity index (χ2n) is 7.63. The van der Waals surface area contributed by atoms with Gasteiger partial charge in [-0.3, -0.25) is 24.5 Å². The third-order valence-corrected chi connectivity index (χ3v) is 7.20. The number of amides is 3. The number of nitrogens with two attached hydrogens (primary N) is 1. The summed E-state index contributed by atoms with van der Waals surface area (Å²) in [5.74, 6) is -3.10. The Kier molecular flexibility index (Phi) is 7.65. The molecule has 0 spiro atoms. The molecule has 0 aromatic carbocycles. The average molecular weight is 550 g/mol. The number of aromatic nitrogens is 3. The smallest absolute Gasteiger partial charge is 0.352 e. The van der Waals surface area contributed by atoms with Gasteiger partial charge < -0.3 is 21.0 Å². The van der Waals surface area contributed by atoms with Gasteiger partial charge in [0.05, 0.1) is 5.56 Å². The number of hydroxylamine groups is 1. The Morgan fingerprint density at radius 2 is 2.08 bits per heavy atom. The Bertz CT molecular complexity index is 1310. The molecule has 3 amide bonds. The highest BCUT2D eigenvalue weighted by Gasteiger charge is 2.54. The predicted octanol–water partition coefficient (Wildman–Crippen LogP) is -1.29. The molecule has 2 aromatic heterocycles. The number of carbonyl (C=O) groups excluding carboxylic acids is 3. The number of nitrogen functional groups attached to an aromatic ring is 1. The van der Waals surface area contributed by atoms with Crippen LogP contribution in [0.3, 0.4) is 0 Å². The van der Waals surface area contributed by atoms with Gasteiger partial charge in [0.2, 0.25) is 11.5 Å². The molecular formula is C20H21N8O7S2+. The summed E-state index contributed by atoms with van der Waals surface area (Å²) in [6.45, 7) is 1.99. The lowest BCUT2D eigenvalue weighted by atomic mass is 10.0. The van der Waals surface area contributed by atoms with E-state index < -0.39 is 35.1 Å². The van der Waals surface area contributed by atoms with Gasteiger partial charge in [-0.05, 0) is 6.92 Å². The van der Waals surface area contributed by atoms with E-state index in [4.69, 9.17) is 15.8 Å². The number of carbonyl (C=O) groups is 4. The van der Waals surface area contributed by atoms with E-state index in [9.17, 15) is 24.3 Å². The number of nitrogens with one attached hydrogen (secondary N) is 2. The maximum atomic E-state index is 13.0. The van der Waals surface area contributed by atoms with Gasteiger partial charge in [0, 0.05) is 35.0 Å². The molecule has 1 fully saturated rings. The van der Waals surface area contributed by atoms with Crippen molar-refractivity contribution in [3.63, 3.8) is 0 Å². The van der Waals surface area contributed by atoms with Crippen molar-refractivity contribution in [1.29, 1.82) is 0 Å². The Balaban J connectivity index is 1.51. The second-order valence-corrected chi connectivity index (χ2v) is 9.52. The number of thioether (sulfide) groups is 1. The van der Waals surface area contributed by atoms with Crippen molar-refractivity contribution in [2.45, 2.75) is 24.9 Å². The van der Waals surface area contributed by atoms with Crippen molar-refractivity contribution in [2.24, 2.45) is 5.16 Å². The van der Waals surface area contributed by atoms with Gasteiger partial charge >= 0.3 is 5.97 Å². The molecule has 2 aliphatic heterocycles. The standard InChI is InChI=1S/C20H20N8O7S2/c1-2-35-25-11(14-23-20(21)37-26-14)16(30)22-12-17(31)28-13(19(32)33)10(8-36-18(12)28)7-27-5-3-9(4-6-27)15(29)24-34/h3-6,12,18H,2,7-8H2,1H3,(H5-,21,22,23,24,25,26,29,30,32,33,34)/p+1/t12?,18-/m0/s1. The quantitative estimate of drug-likeness (QED) is 0.0815. The summed E-state index contributed by atoms with van der Waals surface area (Å²) in [5.41, 5.74) is 7.39. The molecule has 17 heteroatoms. The van der Waals surface area contributed by atoms with Crippen LogP contribution in [0.25, 0.3) is 0 Å². The molecule has 4 heterocycles. The summed E-state index contributed by atoms with van der Waals surface area (Å²) >= 11 is 2.16. The van der Waals surface area contributed by atoms with Gasteiger partial charge in [0.1, 0.15) is 23.7 Å². The number of anilines is 1. The second kappa shape index (κ2) is 10.9. The Hall–Kier alpha value is -4.09. The van der Waals surface area contributed by atoms with E-state index in [0.717, 1.165) is 16.4 Å². The predicted molar refractivity (Wildman–Crippen MR) is 128 cm³/mol. The number of pyridine rings is 1. The number of fused-ring (bicyclic) bond motifs is 1. The zero-order valence-corrected chi connectivity index (χ0v) is 20.8. The molecule has 0 aliphatic carbocycles. The Labute approximate surface area is 217 Å². The van der Waals surface area contributed by atoms with Crippen molar-refractivity contribution in [3.8, 4) is 0 Å². The SMILES string of the molecule is CCON=C(C(=O)NC1C(=O)N2C(C(=O)O)=C(C[n+]3ccc(C(=O)NO)cc3)CS[C@@H]12)c1nsc(N)n1. The molecule has 0 bridgehead atoms. The summed E-state index contributed by atoms with van der Waals surface area (Å²) in [7, 11) is 0. The first-order valence-electron chi connectivity index (χ1n) is 10.7. The van der Waals surface area contributed by atoms with E-state index in [1.165, 1.54) is 29.4 Å². The van der Waals surface area contributed by atoms with Gasteiger partial charge in [-0.15, -0.1) is 11.8 Å². The lowest BCUT2D eigenvalue weighted by Gasteiger charge is -2.49. The van der Waals surface area contributed by atoms with Gasteiger partial charge in [0.15, 0.2) is 24.1 Å². The third-order valence-electron chi connectivity index (χ3n) is 5.32. The van der Waals surface area contributed by atoms with E-state index in [-0.39, 0.29) is 46.8 Å². The number of β-lactam (4-membered cyclic amide) rings is 1. The van der Waals surface area contributed by atoms with Gasteiger partial charge in [-0.1, -0.05) is 5.16 Å². The van der Waals surface area contributed by atoms with Crippen molar-refractivity contribution in [3.05, 3.63) is 47.2 Å². The van der Waals surface area contributed by atoms with Crippen LogP contribution in [0.4, 0.5) is 5.13 Å². The number of carboxylic acid groups (broad SMARTS) is 1. The molecule has 2 aliphatic rings. The Morgan fingerprint density at radius 3 is 2.68 bits per heavy atom. The summed E-state index contributed by atoms with van der Waals surface area (Å²) in [6, 6.07) is 1.91. The van der Waals surface area contributed by atoms with Crippen LogP contribution < -0.4 is 21.1 Å². The molecule has 37 heavy (non-hydrogen) atoms. The van der Waals surface area contributed by atoms with E-state index in [1.54, 1.807) is 23.9 Å². The average Bonchev–Trinajstić information content (AvgIpc) is 3.32. The molecule has 1 saturated heterocycles. The molecule has 1 unspecified atom stereocenters. The molecular weight excluding hydrogens is 528 g/mol. The van der Waals surface area contributed by atoms with Crippen LogP contribution in [-0.4, -0.2) is 77.7 Å². The van der Waals surface area contributed by atoms with Gasteiger partial charge in [-0.2, -0.15) is 9.36 Å². The first-order chi connectivity index (χ1) is 17.7. The summed E-state index contributed by atoms with van der Waals surface area (Å²) in [5, 5.41) is 24.4. The third kappa shape index (κ3) is 5.23. The molecule has 4 rings (SSSR count). The number of carboxylic acids is 1. The van der Waals surface area contributed by atoms with Crippen LogP contribution in [0, 0.1) is 0 Å². The minimum absolute atomic E-state index is 0.0544. The van der Waals surface area contributed by atoms with Crippen LogP contribution >= 0.6 is 23.3 Å². The first kappa shape index (κ1) is 26.0. The minimum atomic E-state index is -1.28. The minimum Gasteiger partial charge on any atom is -0.477 e. The van der Waals surface area contributed by atoms with E-state index in [2.05, 4.69) is 19.8 Å². The van der Waals surface area contributed by atoms with Crippen LogP contribution in [0.1, 0.15) is 23.1 Å². The fourth-order valence-corrected chi connectivity index (χ4v) is 5.43. The number of oxime groups is 1. The zero-order chi connectivity index (χ0) is 26.7. The molecule has 15 nitrogen and oxygen atoms in total. The zero-order valence-electron chi connectivity index (χ0n) is 19.2. The number of rotatable bonds is 9. The van der Waals surface area contributed by atoms with Crippen molar-refractivity contribution in [1.82, 2.24) is 25.1 Å². The van der Waals surface area contributed by atoms with E-state index in [1.807, 2.05) is 0 Å². The van der Waals surface area contributed by atoms with E-state index in [0.29, 0.717) is 5.57 Å². The van der Waals surface area contributed by atoms with Gasteiger partial charge in [-0.25, -0.2) is 14.8 Å². The summed E-state index contributed by atoms with van der Waals surface area (Å²) in [4.78, 5) is 59.6. The van der Waals surface area contributed by atoms with E-state index >= 15 is 0 Å². The van der Waals surface area contributed by atoms with Gasteiger partial charge in [0.25, 0.3) is 17.7 Å². The number of hydrogen-bond donors (Lipinski definition) is 5. The molecule has 0 radical (unpaired) electrons. The highest BCUT2D eigenvalue weighted by Crippen LogP contribution is 2.40. The molecule has 194 valence electrons. The molecule has 0 saturated carbocycles. The lowest BCUT2D eigenvalue weighted by Crippen LogP contribution is -2.71. The maximum Gasteiger partial charge on any atom is 0.352 e. The van der Waals surface area contributed by atoms with Crippen molar-refractivity contribution in [2.75, 3.05) is 18.1 Å². The molecule has 2 atom stereocenters. The van der Waals surface area contributed by atoms with Crippen LogP contribution in [0.2, 0.25) is 0 Å². The topological polar surface area (TPSA) is 213 Å². The van der Waals surface area contributed by atoms with Crippen molar-refractivity contribution < 1.29 is 38.9 Å². The normalized spacial score (nSPS) is 19.1. The van der Waals surface area contributed by atoms with Crippen LogP contribution in [0.15, 0.2) is 41.0 Å². The Morgan fingerprint density at radius 1 is 1.35 bits per heavy atom. The summed E-state index contributed by atoms with van der Waals surface area (Å²) in [6.07, 6.45) is 3.10.